The quantitative estimate of drug-likeness (QED) is 0.906. The summed E-state index contributed by atoms with van der Waals surface area (Å²) in [5, 5.41) is 2.94. The van der Waals surface area contributed by atoms with Crippen LogP contribution in [0.2, 0.25) is 0 Å². The molecule has 1 aromatic rings. The number of para-hydroxylation sites is 1. The van der Waals surface area contributed by atoms with Gasteiger partial charge >= 0.3 is 0 Å². The Kier molecular flexibility index (Phi) is 4.23. The summed E-state index contributed by atoms with van der Waals surface area (Å²) >= 11 is 3.89. The monoisotopic (exact) mass is 295 g/mol. The van der Waals surface area contributed by atoms with Crippen molar-refractivity contribution in [3.8, 4) is 5.75 Å². The van der Waals surface area contributed by atoms with E-state index in [9.17, 15) is 4.79 Å². The Balaban J connectivity index is 1.61. The number of hydrogen-bond acceptors (Lipinski definition) is 4. The van der Waals surface area contributed by atoms with Gasteiger partial charge in [-0.1, -0.05) is 18.2 Å². The molecule has 0 unspecified atom stereocenters. The third-order valence-corrected chi connectivity index (χ3v) is 6.16. The normalized spacial score (nSPS) is 19.4. The maximum atomic E-state index is 11.7. The molecule has 3 nitrogen and oxygen atoms in total. The van der Waals surface area contributed by atoms with E-state index in [4.69, 9.17) is 4.74 Å². The molecule has 1 saturated carbocycles. The minimum absolute atomic E-state index is 0.0102. The third-order valence-electron chi connectivity index (χ3n) is 3.10. The van der Waals surface area contributed by atoms with Gasteiger partial charge in [-0.15, -0.1) is 23.5 Å². The van der Waals surface area contributed by atoms with Crippen LogP contribution in [0, 0.1) is 0 Å². The maximum absolute atomic E-state index is 11.7. The van der Waals surface area contributed by atoms with Crippen molar-refractivity contribution in [1.29, 1.82) is 0 Å². The summed E-state index contributed by atoms with van der Waals surface area (Å²) in [4.78, 5) is 11.7. The number of hydrogen-bond donors (Lipinski definition) is 1. The first-order chi connectivity index (χ1) is 9.33. The van der Waals surface area contributed by atoms with Crippen LogP contribution in [0.3, 0.4) is 0 Å². The number of carbonyl (C=O) groups is 1. The van der Waals surface area contributed by atoms with E-state index >= 15 is 0 Å². The number of benzene rings is 1. The fourth-order valence-electron chi connectivity index (χ4n) is 1.98. The highest BCUT2D eigenvalue weighted by molar-refractivity contribution is 8.19. The zero-order valence-electron chi connectivity index (χ0n) is 10.6. The molecule has 0 spiro atoms. The molecule has 1 aromatic carbocycles. The third kappa shape index (κ3) is 3.60. The average molecular weight is 295 g/mol. The van der Waals surface area contributed by atoms with Gasteiger partial charge in [-0.2, -0.15) is 0 Å². The van der Waals surface area contributed by atoms with Gasteiger partial charge in [0.25, 0.3) is 5.91 Å². The molecule has 0 atom stereocenters. The Bertz CT molecular complexity index is 457. The molecule has 5 heteroatoms. The van der Waals surface area contributed by atoms with Gasteiger partial charge < -0.3 is 10.1 Å². The number of ether oxygens (including phenoxy) is 1. The molecule has 19 heavy (non-hydrogen) atoms. The second kappa shape index (κ2) is 6.09. The van der Waals surface area contributed by atoms with Crippen LogP contribution in [0.5, 0.6) is 5.75 Å². The molecule has 1 heterocycles. The highest BCUT2D eigenvalue weighted by Crippen LogP contribution is 2.48. The standard InChI is InChI=1S/C14H17NO2S2/c16-13(15-10-5-6-10)9-17-12-4-2-1-3-11(12)14-18-7-8-19-14/h1-4,10,14H,5-9H2,(H,15,16). The Morgan fingerprint density at radius 1 is 1.26 bits per heavy atom. The smallest absolute Gasteiger partial charge is 0.258 e. The first kappa shape index (κ1) is 13.2. The predicted octanol–water partition coefficient (Wildman–Crippen LogP) is 2.82. The van der Waals surface area contributed by atoms with Gasteiger partial charge in [0.2, 0.25) is 0 Å². The molecule has 3 rings (SSSR count). The SMILES string of the molecule is O=C(COc1ccccc1C1SCCS1)NC1CC1. The van der Waals surface area contributed by atoms with Crippen LogP contribution in [-0.2, 0) is 4.79 Å². The van der Waals surface area contributed by atoms with E-state index in [0.717, 1.165) is 18.6 Å². The van der Waals surface area contributed by atoms with E-state index in [1.165, 1.54) is 17.1 Å². The Morgan fingerprint density at radius 2 is 2.00 bits per heavy atom. The van der Waals surface area contributed by atoms with Crippen molar-refractivity contribution < 1.29 is 9.53 Å². The Hall–Kier alpha value is -0.810. The Labute approximate surface area is 121 Å². The van der Waals surface area contributed by atoms with Gasteiger partial charge in [-0.05, 0) is 18.9 Å². The molecule has 1 N–H and O–H groups in total. The van der Waals surface area contributed by atoms with E-state index in [-0.39, 0.29) is 12.5 Å². The van der Waals surface area contributed by atoms with Crippen molar-refractivity contribution in [2.45, 2.75) is 23.5 Å². The van der Waals surface area contributed by atoms with Crippen molar-refractivity contribution in [1.82, 2.24) is 5.32 Å². The van der Waals surface area contributed by atoms with Crippen LogP contribution < -0.4 is 10.1 Å². The molecular formula is C14H17NO2S2. The zero-order chi connectivity index (χ0) is 13.1. The molecule has 1 aliphatic heterocycles. The van der Waals surface area contributed by atoms with Gasteiger partial charge in [0.05, 0.1) is 4.58 Å². The van der Waals surface area contributed by atoms with Crippen molar-refractivity contribution >= 4 is 29.4 Å². The summed E-state index contributed by atoms with van der Waals surface area (Å²) in [5.74, 6) is 3.21. The molecular weight excluding hydrogens is 278 g/mol. The first-order valence-electron chi connectivity index (χ1n) is 6.57. The summed E-state index contributed by atoms with van der Waals surface area (Å²) in [6, 6.07) is 8.45. The summed E-state index contributed by atoms with van der Waals surface area (Å²) < 4.78 is 6.15. The summed E-state index contributed by atoms with van der Waals surface area (Å²) in [6.07, 6.45) is 2.22. The number of rotatable bonds is 5. The topological polar surface area (TPSA) is 38.3 Å². The van der Waals surface area contributed by atoms with Crippen LogP contribution in [0.15, 0.2) is 24.3 Å². The van der Waals surface area contributed by atoms with Gasteiger partial charge in [0, 0.05) is 23.1 Å². The van der Waals surface area contributed by atoms with Crippen LogP contribution in [0.25, 0.3) is 0 Å². The lowest BCUT2D eigenvalue weighted by Gasteiger charge is -2.14. The van der Waals surface area contributed by atoms with Crippen LogP contribution in [0.1, 0.15) is 23.0 Å². The molecule has 2 fully saturated rings. The molecule has 0 radical (unpaired) electrons. The fourth-order valence-corrected chi connectivity index (χ4v) is 4.89. The number of nitrogens with one attached hydrogen (secondary N) is 1. The maximum Gasteiger partial charge on any atom is 0.258 e. The molecule has 0 bridgehead atoms. The minimum atomic E-state index is -0.0102. The average Bonchev–Trinajstić information content (AvgIpc) is 3.07. The van der Waals surface area contributed by atoms with Gasteiger partial charge in [-0.25, -0.2) is 0 Å². The minimum Gasteiger partial charge on any atom is -0.483 e. The number of carbonyl (C=O) groups excluding carboxylic acids is 1. The largest absolute Gasteiger partial charge is 0.483 e. The lowest BCUT2D eigenvalue weighted by Crippen LogP contribution is -2.30. The molecule has 1 saturated heterocycles. The van der Waals surface area contributed by atoms with Crippen LogP contribution >= 0.6 is 23.5 Å². The van der Waals surface area contributed by atoms with E-state index in [1.54, 1.807) is 0 Å². The number of amides is 1. The van der Waals surface area contributed by atoms with Crippen LogP contribution in [0.4, 0.5) is 0 Å². The van der Waals surface area contributed by atoms with Gasteiger partial charge in [0.15, 0.2) is 6.61 Å². The highest BCUT2D eigenvalue weighted by Gasteiger charge is 2.24. The predicted molar refractivity (Wildman–Crippen MR) is 80.8 cm³/mol. The Morgan fingerprint density at radius 3 is 2.74 bits per heavy atom. The van der Waals surface area contributed by atoms with E-state index in [1.807, 2.05) is 41.7 Å². The summed E-state index contributed by atoms with van der Waals surface area (Å²) in [6.45, 7) is 0.121. The van der Waals surface area contributed by atoms with Crippen molar-refractivity contribution in [2.75, 3.05) is 18.1 Å². The molecule has 102 valence electrons. The van der Waals surface area contributed by atoms with Crippen molar-refractivity contribution in [3.63, 3.8) is 0 Å². The number of thioether (sulfide) groups is 2. The van der Waals surface area contributed by atoms with Crippen molar-refractivity contribution in [2.24, 2.45) is 0 Å². The van der Waals surface area contributed by atoms with Crippen molar-refractivity contribution in [3.05, 3.63) is 29.8 Å². The van der Waals surface area contributed by atoms with Gasteiger partial charge in [0.1, 0.15) is 5.75 Å². The molecule has 2 aliphatic rings. The van der Waals surface area contributed by atoms with Gasteiger partial charge in [-0.3, -0.25) is 4.79 Å². The molecule has 1 aliphatic carbocycles. The fraction of sp³-hybridized carbons (Fsp3) is 0.500. The first-order valence-corrected chi connectivity index (χ1v) is 8.67. The lowest BCUT2D eigenvalue weighted by atomic mass is 10.2. The van der Waals surface area contributed by atoms with E-state index in [2.05, 4.69) is 11.4 Å². The van der Waals surface area contributed by atoms with E-state index < -0.39 is 0 Å². The second-order valence-corrected chi connectivity index (χ2v) is 7.47. The molecule has 0 aromatic heterocycles. The second-order valence-electron chi connectivity index (χ2n) is 4.74. The molecule has 1 amide bonds. The summed E-state index contributed by atoms with van der Waals surface area (Å²) in [7, 11) is 0. The summed E-state index contributed by atoms with van der Waals surface area (Å²) in [5.41, 5.74) is 1.20. The van der Waals surface area contributed by atoms with E-state index in [0.29, 0.717) is 10.6 Å². The highest BCUT2D eigenvalue weighted by atomic mass is 32.2. The zero-order valence-corrected chi connectivity index (χ0v) is 12.3. The lowest BCUT2D eigenvalue weighted by molar-refractivity contribution is -0.123. The van der Waals surface area contributed by atoms with Crippen LogP contribution in [-0.4, -0.2) is 30.1 Å².